The van der Waals surface area contributed by atoms with Crippen molar-refractivity contribution in [2.75, 3.05) is 5.32 Å². The second-order valence-corrected chi connectivity index (χ2v) is 7.04. The number of amides is 1. The van der Waals surface area contributed by atoms with Crippen molar-refractivity contribution in [2.24, 2.45) is 0 Å². The van der Waals surface area contributed by atoms with Crippen LogP contribution < -0.4 is 5.32 Å². The number of carbonyl (C=O) groups excluding carboxylic acids is 2. The van der Waals surface area contributed by atoms with Crippen molar-refractivity contribution in [1.29, 1.82) is 0 Å². The van der Waals surface area contributed by atoms with E-state index in [2.05, 4.69) is 10.3 Å². The van der Waals surface area contributed by atoms with Crippen molar-refractivity contribution in [3.8, 4) is 0 Å². The lowest BCUT2D eigenvalue weighted by Gasteiger charge is -2.05. The van der Waals surface area contributed by atoms with E-state index in [0.717, 1.165) is 28.5 Å². The molecule has 0 saturated heterocycles. The third-order valence-electron chi connectivity index (χ3n) is 3.92. The molecule has 0 aliphatic carbocycles. The van der Waals surface area contributed by atoms with E-state index in [4.69, 9.17) is 9.47 Å². The lowest BCUT2D eigenvalue weighted by atomic mass is 10.2. The minimum absolute atomic E-state index is 0.0141. The molecule has 0 aliphatic heterocycles. The number of benzene rings is 2. The summed E-state index contributed by atoms with van der Waals surface area (Å²) < 4.78 is 10.2. The molecule has 0 saturated carbocycles. The van der Waals surface area contributed by atoms with Crippen LogP contribution in [0.25, 0.3) is 5.57 Å². The molecule has 0 unspecified atom stereocenters. The molecule has 0 bridgehead atoms. The SMILES string of the molecule is O=C(/C=C(\C(=O)O)c1csc(NC(=O)OCc2ccccc2)n1)OCc1ccccc1. The number of esters is 1. The smallest absolute Gasteiger partial charge is 0.413 e. The molecule has 0 fully saturated rings. The molecule has 3 rings (SSSR count). The maximum atomic E-state index is 12.0. The molecule has 31 heavy (non-hydrogen) atoms. The highest BCUT2D eigenvalue weighted by Crippen LogP contribution is 2.22. The summed E-state index contributed by atoms with van der Waals surface area (Å²) in [7, 11) is 0. The van der Waals surface area contributed by atoms with Gasteiger partial charge in [0.05, 0.1) is 11.3 Å². The van der Waals surface area contributed by atoms with E-state index < -0.39 is 18.0 Å². The number of carboxylic acids is 1. The third kappa shape index (κ3) is 6.79. The minimum Gasteiger partial charge on any atom is -0.478 e. The molecule has 1 aromatic heterocycles. The fourth-order valence-electron chi connectivity index (χ4n) is 2.43. The predicted molar refractivity (Wildman–Crippen MR) is 114 cm³/mol. The van der Waals surface area contributed by atoms with E-state index in [1.54, 1.807) is 24.3 Å². The zero-order valence-corrected chi connectivity index (χ0v) is 17.0. The topological polar surface area (TPSA) is 115 Å². The summed E-state index contributed by atoms with van der Waals surface area (Å²) in [6, 6.07) is 18.1. The van der Waals surface area contributed by atoms with E-state index in [-0.39, 0.29) is 29.6 Å². The fraction of sp³-hybridized carbons (Fsp3) is 0.0909. The van der Waals surface area contributed by atoms with Crippen molar-refractivity contribution in [3.63, 3.8) is 0 Å². The molecule has 3 aromatic rings. The summed E-state index contributed by atoms with van der Waals surface area (Å²) in [5.41, 5.74) is 1.27. The number of nitrogens with zero attached hydrogens (tertiary/aromatic N) is 1. The van der Waals surface area contributed by atoms with Crippen LogP contribution in [0.2, 0.25) is 0 Å². The van der Waals surface area contributed by atoms with E-state index in [1.807, 2.05) is 36.4 Å². The number of carbonyl (C=O) groups is 3. The van der Waals surface area contributed by atoms with Gasteiger partial charge in [-0.05, 0) is 11.1 Å². The van der Waals surface area contributed by atoms with E-state index in [9.17, 15) is 19.5 Å². The average molecular weight is 438 g/mol. The second kappa shape index (κ2) is 10.7. The zero-order chi connectivity index (χ0) is 22.1. The number of anilines is 1. The number of nitrogens with one attached hydrogen (secondary N) is 1. The van der Waals surface area contributed by atoms with Gasteiger partial charge in [-0.15, -0.1) is 11.3 Å². The van der Waals surface area contributed by atoms with Crippen molar-refractivity contribution in [1.82, 2.24) is 4.98 Å². The summed E-state index contributed by atoms with van der Waals surface area (Å²) in [5.74, 6) is -2.16. The maximum Gasteiger partial charge on any atom is 0.413 e. The van der Waals surface area contributed by atoms with Gasteiger partial charge in [-0.2, -0.15) is 0 Å². The zero-order valence-electron chi connectivity index (χ0n) is 16.2. The Bertz CT molecular complexity index is 1080. The van der Waals surface area contributed by atoms with Crippen LogP contribution in [-0.2, 0) is 32.3 Å². The largest absolute Gasteiger partial charge is 0.478 e. The highest BCUT2D eigenvalue weighted by molar-refractivity contribution is 7.14. The first kappa shape index (κ1) is 21.7. The Labute approximate surface area is 181 Å². The van der Waals surface area contributed by atoms with Crippen LogP contribution in [0.4, 0.5) is 9.93 Å². The molecule has 0 spiro atoms. The summed E-state index contributed by atoms with van der Waals surface area (Å²) in [5, 5.41) is 13.4. The quantitative estimate of drug-likeness (QED) is 0.402. The number of aliphatic carboxylic acids is 1. The lowest BCUT2D eigenvalue weighted by molar-refractivity contribution is -0.139. The van der Waals surface area contributed by atoms with Gasteiger partial charge in [-0.3, -0.25) is 5.32 Å². The van der Waals surface area contributed by atoms with Gasteiger partial charge in [0, 0.05) is 11.5 Å². The average Bonchev–Trinajstić information content (AvgIpc) is 3.23. The molecular weight excluding hydrogens is 420 g/mol. The second-order valence-electron chi connectivity index (χ2n) is 6.18. The van der Waals surface area contributed by atoms with Crippen molar-refractivity contribution < 1.29 is 29.0 Å². The number of rotatable bonds is 8. The lowest BCUT2D eigenvalue weighted by Crippen LogP contribution is -2.13. The number of hydrogen-bond donors (Lipinski definition) is 2. The van der Waals surface area contributed by atoms with Gasteiger partial charge >= 0.3 is 18.0 Å². The summed E-state index contributed by atoms with van der Waals surface area (Å²) in [4.78, 5) is 39.6. The fourth-order valence-corrected chi connectivity index (χ4v) is 3.13. The van der Waals surface area contributed by atoms with Gasteiger partial charge in [-0.25, -0.2) is 19.4 Å². The Balaban J connectivity index is 1.59. The Morgan fingerprint density at radius 2 is 1.52 bits per heavy atom. The molecule has 0 atom stereocenters. The van der Waals surface area contributed by atoms with E-state index in [0.29, 0.717) is 0 Å². The van der Waals surface area contributed by atoms with Gasteiger partial charge in [0.25, 0.3) is 0 Å². The molecule has 158 valence electrons. The molecule has 2 N–H and O–H groups in total. The maximum absolute atomic E-state index is 12.0. The first-order chi connectivity index (χ1) is 15.0. The number of carboxylic acid groups (broad SMARTS) is 1. The van der Waals surface area contributed by atoms with E-state index >= 15 is 0 Å². The number of hydrogen-bond acceptors (Lipinski definition) is 7. The molecule has 2 aromatic carbocycles. The monoisotopic (exact) mass is 438 g/mol. The standard InChI is InChI=1S/C22H18N2O6S/c25-19(29-12-15-7-3-1-4-8-15)11-17(20(26)27)18-14-31-21(23-18)24-22(28)30-13-16-9-5-2-6-10-16/h1-11,14H,12-13H2,(H,26,27)(H,23,24,28)/b17-11-. The van der Waals surface area contributed by atoms with Crippen LogP contribution in [0.3, 0.4) is 0 Å². The van der Waals surface area contributed by atoms with Crippen LogP contribution >= 0.6 is 11.3 Å². The number of aromatic nitrogens is 1. The van der Waals surface area contributed by atoms with Crippen LogP contribution in [0.1, 0.15) is 16.8 Å². The molecule has 1 heterocycles. The highest BCUT2D eigenvalue weighted by atomic mass is 32.1. The van der Waals surface area contributed by atoms with Crippen LogP contribution in [0.15, 0.2) is 72.1 Å². The summed E-state index contributed by atoms with van der Waals surface area (Å²) in [6.07, 6.45) is 0.130. The Kier molecular flexibility index (Phi) is 7.50. The number of thiazole rings is 1. The molecule has 9 heteroatoms. The van der Waals surface area contributed by atoms with Gasteiger partial charge in [0.2, 0.25) is 0 Å². The molecule has 0 aliphatic rings. The Hall–Kier alpha value is -3.98. The molecule has 8 nitrogen and oxygen atoms in total. The summed E-state index contributed by atoms with van der Waals surface area (Å²) in [6.45, 7) is 0.0959. The van der Waals surface area contributed by atoms with Gasteiger partial charge in [0.1, 0.15) is 13.2 Å². The van der Waals surface area contributed by atoms with E-state index in [1.165, 1.54) is 5.38 Å². The summed E-state index contributed by atoms with van der Waals surface area (Å²) >= 11 is 1.00. The van der Waals surface area contributed by atoms with Gasteiger partial charge < -0.3 is 14.6 Å². The third-order valence-corrected chi connectivity index (χ3v) is 4.68. The van der Waals surface area contributed by atoms with Crippen molar-refractivity contribution >= 4 is 40.1 Å². The van der Waals surface area contributed by atoms with Crippen molar-refractivity contribution in [2.45, 2.75) is 13.2 Å². The van der Waals surface area contributed by atoms with Crippen molar-refractivity contribution in [3.05, 3.63) is 88.9 Å². The Morgan fingerprint density at radius 3 is 2.10 bits per heavy atom. The minimum atomic E-state index is -1.35. The Morgan fingerprint density at radius 1 is 0.935 bits per heavy atom. The highest BCUT2D eigenvalue weighted by Gasteiger charge is 2.18. The molecule has 1 amide bonds. The van der Waals surface area contributed by atoms with Crippen LogP contribution in [0, 0.1) is 0 Å². The van der Waals surface area contributed by atoms with Crippen LogP contribution in [0.5, 0.6) is 0 Å². The number of ether oxygens (including phenoxy) is 2. The molecular formula is C22H18N2O6S. The predicted octanol–water partition coefficient (Wildman–Crippen LogP) is 4.10. The van der Waals surface area contributed by atoms with Gasteiger partial charge in [0.15, 0.2) is 5.13 Å². The molecule has 0 radical (unpaired) electrons. The van der Waals surface area contributed by atoms with Gasteiger partial charge in [-0.1, -0.05) is 60.7 Å². The first-order valence-corrected chi connectivity index (χ1v) is 9.98. The first-order valence-electron chi connectivity index (χ1n) is 9.10. The normalized spacial score (nSPS) is 10.9. The van der Waals surface area contributed by atoms with Crippen LogP contribution in [-0.4, -0.2) is 28.1 Å².